The van der Waals surface area contributed by atoms with Crippen LogP contribution < -0.4 is 6.15 Å². The molecular weight excluding hydrogens is 274 g/mol. The molecule has 110 valence electrons. The monoisotopic (exact) mass is 295 g/mol. The van der Waals surface area contributed by atoms with E-state index in [0.29, 0.717) is 17.4 Å². The molecule has 20 heavy (non-hydrogen) atoms. The van der Waals surface area contributed by atoms with Crippen LogP contribution in [0.15, 0.2) is 41.3 Å². The van der Waals surface area contributed by atoms with Crippen molar-refractivity contribution in [2.45, 2.75) is 37.5 Å². The number of aryl methyl sites for hydroxylation is 1. The Kier molecular flexibility index (Phi) is 5.68. The number of hydrogen-bond acceptors (Lipinski definition) is 3. The van der Waals surface area contributed by atoms with Crippen LogP contribution in [-0.4, -0.2) is 13.0 Å². The van der Waals surface area contributed by atoms with Crippen LogP contribution in [0.2, 0.25) is 0 Å². The predicted octanol–water partition coefficient (Wildman–Crippen LogP) is 3.98. The summed E-state index contributed by atoms with van der Waals surface area (Å²) in [7, 11) is -4.20. The van der Waals surface area contributed by atoms with Crippen LogP contribution in [-0.2, 0) is 16.5 Å². The molecular formula is C15H21NO3S. The maximum absolute atomic E-state index is 11.7. The quantitative estimate of drug-likeness (QED) is 0.645. The van der Waals surface area contributed by atoms with E-state index in [2.05, 4.69) is 6.92 Å². The van der Waals surface area contributed by atoms with Gasteiger partial charge in [0.1, 0.15) is 4.90 Å². The normalized spacial score (nSPS) is 11.3. The van der Waals surface area contributed by atoms with Crippen molar-refractivity contribution >= 4 is 20.9 Å². The van der Waals surface area contributed by atoms with Crippen LogP contribution in [0, 0.1) is 0 Å². The lowest BCUT2D eigenvalue weighted by atomic mass is 10.0. The van der Waals surface area contributed by atoms with Crippen molar-refractivity contribution in [3.63, 3.8) is 0 Å². The van der Waals surface area contributed by atoms with Gasteiger partial charge in [0, 0.05) is 5.39 Å². The fraction of sp³-hybridized carbons (Fsp3) is 0.333. The van der Waals surface area contributed by atoms with E-state index in [1.807, 2.05) is 18.2 Å². The maximum Gasteiger partial charge on any atom is 0.295 e. The first kappa shape index (κ1) is 16.6. The lowest BCUT2D eigenvalue weighted by Crippen LogP contribution is -2.04. The molecule has 0 heterocycles. The van der Waals surface area contributed by atoms with Crippen LogP contribution in [0.4, 0.5) is 0 Å². The first-order valence-electron chi connectivity index (χ1n) is 6.52. The molecule has 0 saturated carbocycles. The van der Waals surface area contributed by atoms with Gasteiger partial charge in [-0.15, -0.1) is 0 Å². The lowest BCUT2D eigenvalue weighted by molar-refractivity contribution is 0.483. The van der Waals surface area contributed by atoms with Gasteiger partial charge in [0.2, 0.25) is 0 Å². The van der Waals surface area contributed by atoms with Crippen LogP contribution in [0.3, 0.4) is 0 Å². The number of hydrogen-bond donors (Lipinski definition) is 2. The van der Waals surface area contributed by atoms with Gasteiger partial charge in [-0.2, -0.15) is 8.42 Å². The summed E-state index contributed by atoms with van der Waals surface area (Å²) >= 11 is 0. The Morgan fingerprint density at radius 2 is 1.75 bits per heavy atom. The van der Waals surface area contributed by atoms with Gasteiger partial charge in [-0.25, -0.2) is 0 Å². The summed E-state index contributed by atoms with van der Waals surface area (Å²) in [6, 6.07) is 10.9. The Hall–Kier alpha value is -1.43. The van der Waals surface area contributed by atoms with Crippen molar-refractivity contribution in [2.24, 2.45) is 0 Å². The molecule has 0 aliphatic heterocycles. The Bertz CT molecular complexity index is 681. The number of benzene rings is 2. The minimum absolute atomic E-state index is 0. The molecule has 0 aliphatic rings. The molecule has 0 fully saturated rings. The van der Waals surface area contributed by atoms with Crippen molar-refractivity contribution in [3.8, 4) is 0 Å². The molecule has 2 aromatic rings. The van der Waals surface area contributed by atoms with Crippen molar-refractivity contribution in [1.82, 2.24) is 6.15 Å². The second-order valence-corrected chi connectivity index (χ2v) is 6.07. The summed E-state index contributed by atoms with van der Waals surface area (Å²) in [6.45, 7) is 2.10. The van der Waals surface area contributed by atoms with Gasteiger partial charge in [0.15, 0.2) is 0 Å². The second kappa shape index (κ2) is 6.83. The summed E-state index contributed by atoms with van der Waals surface area (Å²) in [6.07, 6.45) is 3.73. The third-order valence-corrected chi connectivity index (χ3v) is 4.27. The molecule has 0 saturated heterocycles. The van der Waals surface area contributed by atoms with Crippen LogP contribution in [0.5, 0.6) is 0 Å². The van der Waals surface area contributed by atoms with E-state index in [-0.39, 0.29) is 11.0 Å². The third kappa shape index (κ3) is 3.56. The second-order valence-electron chi connectivity index (χ2n) is 4.71. The number of unbranched alkanes of at least 4 members (excludes halogenated alkanes) is 2. The topological polar surface area (TPSA) is 89.4 Å². The summed E-state index contributed by atoms with van der Waals surface area (Å²) < 4.78 is 32.8. The zero-order valence-electron chi connectivity index (χ0n) is 11.7. The molecule has 0 spiro atoms. The largest absolute Gasteiger partial charge is 0.344 e. The Balaban J connectivity index is 0.00000200. The first-order valence-corrected chi connectivity index (χ1v) is 7.96. The summed E-state index contributed by atoms with van der Waals surface area (Å²) in [5.41, 5.74) is 0.703. The molecule has 0 atom stereocenters. The van der Waals surface area contributed by atoms with Crippen molar-refractivity contribution in [2.75, 3.05) is 0 Å². The van der Waals surface area contributed by atoms with E-state index >= 15 is 0 Å². The fourth-order valence-corrected chi connectivity index (χ4v) is 3.32. The number of fused-ring (bicyclic) bond motifs is 1. The third-order valence-electron chi connectivity index (χ3n) is 3.27. The summed E-state index contributed by atoms with van der Waals surface area (Å²) in [5, 5.41) is 1.42. The first-order chi connectivity index (χ1) is 9.04. The Labute approximate surface area is 120 Å². The molecule has 0 radical (unpaired) electrons. The van der Waals surface area contributed by atoms with Crippen molar-refractivity contribution in [1.29, 1.82) is 0 Å². The van der Waals surface area contributed by atoms with E-state index in [1.165, 1.54) is 0 Å². The zero-order valence-corrected chi connectivity index (χ0v) is 12.5. The molecule has 4 nitrogen and oxygen atoms in total. The average Bonchev–Trinajstić information content (AvgIpc) is 2.37. The molecule has 4 N–H and O–H groups in total. The summed E-state index contributed by atoms with van der Waals surface area (Å²) in [4.78, 5) is 0.0710. The molecule has 0 aliphatic carbocycles. The van der Waals surface area contributed by atoms with Crippen LogP contribution in [0.1, 0.15) is 31.7 Å². The van der Waals surface area contributed by atoms with E-state index in [1.54, 1.807) is 18.2 Å². The van der Waals surface area contributed by atoms with Gasteiger partial charge in [0.25, 0.3) is 10.1 Å². The molecule has 0 bridgehead atoms. The minimum Gasteiger partial charge on any atom is -0.344 e. The highest BCUT2D eigenvalue weighted by Gasteiger charge is 2.18. The molecule has 5 heteroatoms. The standard InChI is InChI=1S/C15H18O3S.H3N/c1-2-3-4-8-13-11-10-12-7-5-6-9-14(12)15(13)19(16,17)18;/h5-7,9-11H,2-4,8H2,1H3,(H,16,17,18);1H3. The highest BCUT2D eigenvalue weighted by atomic mass is 32.2. The predicted molar refractivity (Wildman–Crippen MR) is 82.0 cm³/mol. The zero-order chi connectivity index (χ0) is 13.9. The van der Waals surface area contributed by atoms with Gasteiger partial charge >= 0.3 is 0 Å². The molecule has 2 aromatic carbocycles. The molecule has 0 aromatic heterocycles. The highest BCUT2D eigenvalue weighted by Crippen LogP contribution is 2.27. The van der Waals surface area contributed by atoms with Gasteiger partial charge in [-0.1, -0.05) is 56.2 Å². The Morgan fingerprint density at radius 1 is 1.05 bits per heavy atom. The van der Waals surface area contributed by atoms with E-state index in [0.717, 1.165) is 24.6 Å². The number of rotatable bonds is 5. The SMILES string of the molecule is CCCCCc1ccc2ccccc2c1S(=O)(=O)O.N. The molecule has 0 amide bonds. The van der Waals surface area contributed by atoms with E-state index < -0.39 is 10.1 Å². The van der Waals surface area contributed by atoms with Crippen molar-refractivity contribution < 1.29 is 13.0 Å². The van der Waals surface area contributed by atoms with Gasteiger partial charge < -0.3 is 6.15 Å². The van der Waals surface area contributed by atoms with Crippen molar-refractivity contribution in [3.05, 3.63) is 42.0 Å². The Morgan fingerprint density at radius 3 is 2.40 bits per heavy atom. The highest BCUT2D eigenvalue weighted by molar-refractivity contribution is 7.86. The van der Waals surface area contributed by atoms with Crippen LogP contribution >= 0.6 is 0 Å². The van der Waals surface area contributed by atoms with E-state index in [9.17, 15) is 13.0 Å². The smallest absolute Gasteiger partial charge is 0.295 e. The average molecular weight is 295 g/mol. The maximum atomic E-state index is 11.7. The summed E-state index contributed by atoms with van der Waals surface area (Å²) in [5.74, 6) is 0. The minimum atomic E-state index is -4.20. The van der Waals surface area contributed by atoms with Gasteiger partial charge in [-0.3, -0.25) is 4.55 Å². The van der Waals surface area contributed by atoms with Gasteiger partial charge in [0.05, 0.1) is 0 Å². The molecule has 2 rings (SSSR count). The van der Waals surface area contributed by atoms with Gasteiger partial charge in [-0.05, 0) is 23.8 Å². The lowest BCUT2D eigenvalue weighted by Gasteiger charge is -2.10. The van der Waals surface area contributed by atoms with E-state index in [4.69, 9.17) is 0 Å². The molecule has 0 unspecified atom stereocenters. The fourth-order valence-electron chi connectivity index (χ4n) is 2.36. The van der Waals surface area contributed by atoms with Crippen LogP contribution in [0.25, 0.3) is 10.8 Å².